The normalized spacial score (nSPS) is 36.5. The number of benzene rings is 1. The van der Waals surface area contributed by atoms with Crippen LogP contribution < -0.4 is 5.32 Å². The first-order valence-corrected chi connectivity index (χ1v) is 10.2. The minimum atomic E-state index is -5.08. The maximum absolute atomic E-state index is 13.1. The average Bonchev–Trinajstić information content (AvgIpc) is 2.58. The monoisotopic (exact) mass is 429 g/mol. The van der Waals surface area contributed by atoms with Crippen molar-refractivity contribution in [1.29, 1.82) is 0 Å². The molecule has 0 spiro atoms. The third-order valence-corrected chi connectivity index (χ3v) is 7.13. The summed E-state index contributed by atoms with van der Waals surface area (Å²) < 4.78 is 44.6. The minimum Gasteiger partial charge on any atom is -0.452 e. The zero-order chi connectivity index (χ0) is 21.0. The van der Waals surface area contributed by atoms with Gasteiger partial charge in [-0.1, -0.05) is 30.3 Å². The zero-order valence-corrected chi connectivity index (χ0v) is 16.7. The van der Waals surface area contributed by atoms with Crippen LogP contribution in [0.5, 0.6) is 0 Å². The van der Waals surface area contributed by atoms with Gasteiger partial charge < -0.3 is 10.1 Å². The number of alkyl halides is 4. The molecule has 4 fully saturated rings. The predicted octanol–water partition coefficient (Wildman–Crippen LogP) is 4.53. The van der Waals surface area contributed by atoms with Crippen molar-refractivity contribution in [3.63, 3.8) is 0 Å². The molecule has 4 bridgehead atoms. The number of esters is 1. The molecule has 29 heavy (non-hydrogen) atoms. The van der Waals surface area contributed by atoms with E-state index in [-0.39, 0.29) is 24.2 Å². The van der Waals surface area contributed by atoms with Gasteiger partial charge >= 0.3 is 12.1 Å². The van der Waals surface area contributed by atoms with Crippen LogP contribution in [0, 0.1) is 17.8 Å². The van der Waals surface area contributed by atoms with E-state index in [4.69, 9.17) is 16.3 Å². The molecule has 4 aliphatic rings. The topological polar surface area (TPSA) is 55.4 Å². The van der Waals surface area contributed by atoms with E-state index in [9.17, 15) is 22.8 Å². The summed E-state index contributed by atoms with van der Waals surface area (Å²) in [7, 11) is 0. The SMILES string of the molecule is CC(=O)N[C@@H](c1ccccc1)[C@@H]1C2C[C@@H]3C[C@@](Cl)(C2)C[C@]1(OC(=O)C(F)(F)F)C3. The van der Waals surface area contributed by atoms with E-state index in [1.165, 1.54) is 6.92 Å². The molecule has 4 nitrogen and oxygen atoms in total. The summed E-state index contributed by atoms with van der Waals surface area (Å²) in [6.45, 7) is 1.38. The van der Waals surface area contributed by atoms with Gasteiger partial charge in [0.1, 0.15) is 5.60 Å². The van der Waals surface area contributed by atoms with Crippen molar-refractivity contribution in [2.24, 2.45) is 17.8 Å². The summed E-state index contributed by atoms with van der Waals surface area (Å²) in [6, 6.07) is 8.58. The second-order valence-corrected chi connectivity index (χ2v) is 9.67. The quantitative estimate of drug-likeness (QED) is 0.565. The summed E-state index contributed by atoms with van der Waals surface area (Å²) >= 11 is 6.78. The Labute approximate surface area is 172 Å². The Morgan fingerprint density at radius 1 is 1.21 bits per heavy atom. The highest BCUT2D eigenvalue weighted by molar-refractivity contribution is 6.24. The van der Waals surface area contributed by atoms with E-state index in [1.54, 1.807) is 0 Å². The Hall–Kier alpha value is -1.76. The van der Waals surface area contributed by atoms with Crippen molar-refractivity contribution < 1.29 is 27.5 Å². The molecular formula is C21H23ClF3NO3. The Morgan fingerprint density at radius 3 is 2.48 bits per heavy atom. The molecule has 5 rings (SSSR count). The highest BCUT2D eigenvalue weighted by atomic mass is 35.5. The molecule has 0 aliphatic heterocycles. The zero-order valence-electron chi connectivity index (χ0n) is 16.0. The average molecular weight is 430 g/mol. The first kappa shape index (κ1) is 20.5. The molecule has 4 saturated carbocycles. The van der Waals surface area contributed by atoms with Gasteiger partial charge in [-0.25, -0.2) is 4.79 Å². The van der Waals surface area contributed by atoms with Gasteiger partial charge in [0, 0.05) is 24.1 Å². The largest absolute Gasteiger partial charge is 0.490 e. The third-order valence-electron chi connectivity index (χ3n) is 6.69. The molecule has 0 radical (unpaired) electrons. The van der Waals surface area contributed by atoms with Gasteiger partial charge in [-0.2, -0.15) is 13.2 Å². The molecule has 0 aromatic heterocycles. The standard InChI is InChI=1S/C21H23ClF3NO3/c1-12(27)26-17(14-5-3-2-4-6-14)16-15-7-13-8-19(22,10-15)11-20(16,9-13)29-18(28)21(23,24)25/h2-6,13,15-17H,7-11H2,1H3,(H,26,27)/t13-,15?,16+,17+,19-,20-/m1/s1. The Balaban J connectivity index is 1.78. The molecule has 1 aromatic rings. The maximum Gasteiger partial charge on any atom is 0.490 e. The highest BCUT2D eigenvalue weighted by Crippen LogP contribution is 2.66. The van der Waals surface area contributed by atoms with Crippen LogP contribution in [0.2, 0.25) is 0 Å². The molecule has 158 valence electrons. The van der Waals surface area contributed by atoms with E-state index < -0.39 is 34.6 Å². The lowest BCUT2D eigenvalue weighted by atomic mass is 9.47. The van der Waals surface area contributed by atoms with Gasteiger partial charge in [0.05, 0.1) is 6.04 Å². The van der Waals surface area contributed by atoms with Gasteiger partial charge in [0.2, 0.25) is 5.91 Å². The van der Waals surface area contributed by atoms with Gasteiger partial charge in [-0.05, 0) is 43.1 Å². The van der Waals surface area contributed by atoms with E-state index >= 15 is 0 Å². The van der Waals surface area contributed by atoms with E-state index in [0.717, 1.165) is 18.4 Å². The Morgan fingerprint density at radius 2 is 1.90 bits per heavy atom. The van der Waals surface area contributed by atoms with Gasteiger partial charge in [-0.15, -0.1) is 11.6 Å². The second-order valence-electron chi connectivity index (χ2n) is 8.87. The summed E-state index contributed by atoms with van der Waals surface area (Å²) in [5.74, 6) is -2.86. The van der Waals surface area contributed by atoms with Gasteiger partial charge in [0.25, 0.3) is 0 Å². The number of amides is 1. The third kappa shape index (κ3) is 3.74. The lowest BCUT2D eigenvalue weighted by Crippen LogP contribution is -2.66. The van der Waals surface area contributed by atoms with Crippen LogP contribution in [0.3, 0.4) is 0 Å². The van der Waals surface area contributed by atoms with Crippen molar-refractivity contribution in [2.45, 2.75) is 61.7 Å². The summed E-state index contributed by atoms with van der Waals surface area (Å²) in [4.78, 5) is 23.2. The summed E-state index contributed by atoms with van der Waals surface area (Å²) in [5, 5.41) is 2.92. The van der Waals surface area contributed by atoms with E-state index in [1.807, 2.05) is 30.3 Å². The van der Waals surface area contributed by atoms with Crippen LogP contribution in [0.15, 0.2) is 30.3 Å². The number of ether oxygens (including phenoxy) is 1. The molecule has 6 atom stereocenters. The van der Waals surface area contributed by atoms with Crippen LogP contribution in [-0.2, 0) is 14.3 Å². The fourth-order valence-corrected chi connectivity index (χ4v) is 6.89. The molecule has 4 aliphatic carbocycles. The number of rotatable bonds is 4. The number of carbonyl (C=O) groups is 2. The van der Waals surface area contributed by atoms with Crippen molar-refractivity contribution in [2.75, 3.05) is 0 Å². The molecule has 1 unspecified atom stereocenters. The van der Waals surface area contributed by atoms with Gasteiger partial charge in [-0.3, -0.25) is 4.79 Å². The van der Waals surface area contributed by atoms with Gasteiger partial charge in [0.15, 0.2) is 0 Å². The van der Waals surface area contributed by atoms with Crippen LogP contribution in [0.1, 0.15) is 50.6 Å². The fraction of sp³-hybridized carbons (Fsp3) is 0.619. The molecule has 0 saturated heterocycles. The Kier molecular flexibility index (Phi) is 4.88. The minimum absolute atomic E-state index is 0.0353. The van der Waals surface area contributed by atoms with E-state index in [0.29, 0.717) is 12.8 Å². The highest BCUT2D eigenvalue weighted by Gasteiger charge is 2.67. The lowest BCUT2D eigenvalue weighted by molar-refractivity contribution is -0.244. The summed E-state index contributed by atoms with van der Waals surface area (Å²) in [6.07, 6.45) is -2.39. The van der Waals surface area contributed by atoms with Crippen LogP contribution >= 0.6 is 11.6 Å². The van der Waals surface area contributed by atoms with Crippen molar-refractivity contribution in [3.8, 4) is 0 Å². The molecule has 0 heterocycles. The first-order valence-electron chi connectivity index (χ1n) is 9.82. The molecule has 8 heteroatoms. The molecular weight excluding hydrogens is 407 g/mol. The Bertz CT molecular complexity index is 817. The second kappa shape index (κ2) is 6.89. The van der Waals surface area contributed by atoms with Crippen molar-refractivity contribution in [1.82, 2.24) is 5.32 Å². The van der Waals surface area contributed by atoms with Crippen LogP contribution in [-0.4, -0.2) is 28.5 Å². The molecule has 1 amide bonds. The molecule has 1 aromatic carbocycles. The number of hydrogen-bond donors (Lipinski definition) is 1. The number of nitrogens with one attached hydrogen (secondary N) is 1. The molecule has 1 N–H and O–H groups in total. The van der Waals surface area contributed by atoms with Crippen molar-refractivity contribution >= 4 is 23.5 Å². The van der Waals surface area contributed by atoms with Crippen LogP contribution in [0.4, 0.5) is 13.2 Å². The lowest BCUT2D eigenvalue weighted by Gasteiger charge is -2.64. The number of carbonyl (C=O) groups excluding carboxylic acids is 2. The summed E-state index contributed by atoms with van der Waals surface area (Å²) in [5.41, 5.74) is -0.562. The predicted molar refractivity (Wildman–Crippen MR) is 100 cm³/mol. The van der Waals surface area contributed by atoms with Crippen LogP contribution in [0.25, 0.3) is 0 Å². The maximum atomic E-state index is 13.1. The number of halogens is 4. The van der Waals surface area contributed by atoms with E-state index in [2.05, 4.69) is 5.32 Å². The fourth-order valence-electron chi connectivity index (χ4n) is 6.24. The first-order chi connectivity index (χ1) is 13.5. The number of hydrogen-bond acceptors (Lipinski definition) is 3. The van der Waals surface area contributed by atoms with Crippen molar-refractivity contribution in [3.05, 3.63) is 35.9 Å². The smallest absolute Gasteiger partial charge is 0.452 e.